The second-order valence-electron chi connectivity index (χ2n) is 6.87. The van der Waals surface area contributed by atoms with Gasteiger partial charge in [0, 0.05) is 6.04 Å². The van der Waals surface area contributed by atoms with E-state index < -0.39 is 0 Å². The molecule has 26 heavy (non-hydrogen) atoms. The van der Waals surface area contributed by atoms with Crippen LogP contribution in [0.2, 0.25) is 0 Å². The molecule has 136 valence electrons. The summed E-state index contributed by atoms with van der Waals surface area (Å²) < 4.78 is 16.6. The summed E-state index contributed by atoms with van der Waals surface area (Å²) in [7, 11) is 5.07. The molecular weight excluding hydrogens is 326 g/mol. The standard InChI is InChI=1S/C22H25NO3/c1-24-17-7-6-14-9-15(10-16-5-4-8-23-16)19-12-21(25-2)22(26-3)13-20(19)18(14)11-17/h6-7,9,11-13,16,23H,4-5,8,10H2,1-3H3. The van der Waals surface area contributed by atoms with Crippen LogP contribution in [-0.2, 0) is 6.42 Å². The maximum atomic E-state index is 5.56. The fourth-order valence-electron chi connectivity index (χ4n) is 4.02. The van der Waals surface area contributed by atoms with Crippen molar-refractivity contribution in [2.75, 3.05) is 27.9 Å². The van der Waals surface area contributed by atoms with Gasteiger partial charge in [0.2, 0.25) is 0 Å². The van der Waals surface area contributed by atoms with Crippen LogP contribution < -0.4 is 19.5 Å². The van der Waals surface area contributed by atoms with E-state index in [-0.39, 0.29) is 0 Å². The molecule has 4 nitrogen and oxygen atoms in total. The van der Waals surface area contributed by atoms with Crippen LogP contribution in [0, 0.1) is 0 Å². The molecule has 3 aromatic carbocycles. The van der Waals surface area contributed by atoms with Crippen molar-refractivity contribution >= 4 is 21.5 Å². The van der Waals surface area contributed by atoms with E-state index in [1.54, 1.807) is 21.3 Å². The topological polar surface area (TPSA) is 39.7 Å². The van der Waals surface area contributed by atoms with Gasteiger partial charge in [-0.25, -0.2) is 0 Å². The molecule has 0 saturated carbocycles. The number of hydrogen-bond acceptors (Lipinski definition) is 4. The molecule has 1 heterocycles. The molecule has 0 bridgehead atoms. The third-order valence-corrected chi connectivity index (χ3v) is 5.38. The highest BCUT2D eigenvalue weighted by atomic mass is 16.5. The minimum Gasteiger partial charge on any atom is -0.497 e. The van der Waals surface area contributed by atoms with Gasteiger partial charge in [-0.3, -0.25) is 0 Å². The second-order valence-corrected chi connectivity index (χ2v) is 6.87. The van der Waals surface area contributed by atoms with Gasteiger partial charge in [-0.15, -0.1) is 0 Å². The molecule has 1 unspecified atom stereocenters. The summed E-state index contributed by atoms with van der Waals surface area (Å²) >= 11 is 0. The number of rotatable bonds is 5. The highest BCUT2D eigenvalue weighted by Gasteiger charge is 2.18. The molecule has 4 heteroatoms. The first-order chi connectivity index (χ1) is 12.7. The minimum absolute atomic E-state index is 0.544. The van der Waals surface area contributed by atoms with Gasteiger partial charge in [0.25, 0.3) is 0 Å². The second kappa shape index (κ2) is 7.04. The van der Waals surface area contributed by atoms with Gasteiger partial charge >= 0.3 is 0 Å². The average Bonchev–Trinajstić information content (AvgIpc) is 3.19. The zero-order chi connectivity index (χ0) is 18.1. The Morgan fingerprint density at radius 2 is 1.65 bits per heavy atom. The summed E-state index contributed by atoms with van der Waals surface area (Å²) in [5.41, 5.74) is 1.35. The van der Waals surface area contributed by atoms with Crippen LogP contribution in [0.3, 0.4) is 0 Å². The first-order valence-electron chi connectivity index (χ1n) is 9.12. The predicted molar refractivity (Wildman–Crippen MR) is 106 cm³/mol. The van der Waals surface area contributed by atoms with E-state index in [0.717, 1.165) is 30.2 Å². The number of methoxy groups -OCH3 is 3. The molecule has 1 atom stereocenters. The average molecular weight is 351 g/mol. The van der Waals surface area contributed by atoms with Gasteiger partial charge < -0.3 is 19.5 Å². The number of fused-ring (bicyclic) bond motifs is 3. The number of hydrogen-bond donors (Lipinski definition) is 1. The van der Waals surface area contributed by atoms with E-state index in [1.165, 1.54) is 39.9 Å². The first-order valence-corrected chi connectivity index (χ1v) is 9.12. The fourth-order valence-corrected chi connectivity index (χ4v) is 4.02. The number of nitrogens with one attached hydrogen (secondary N) is 1. The predicted octanol–water partition coefficient (Wildman–Crippen LogP) is 4.31. The van der Waals surface area contributed by atoms with Crippen LogP contribution in [-0.4, -0.2) is 33.9 Å². The van der Waals surface area contributed by atoms with Gasteiger partial charge in [-0.2, -0.15) is 0 Å². The SMILES string of the molecule is COc1ccc2cc(CC3CCCN3)c3cc(OC)c(OC)cc3c2c1. The van der Waals surface area contributed by atoms with E-state index in [9.17, 15) is 0 Å². The summed E-state index contributed by atoms with van der Waals surface area (Å²) in [6.07, 6.45) is 3.51. The molecule has 0 aliphatic carbocycles. The molecule has 0 aromatic heterocycles. The van der Waals surface area contributed by atoms with Gasteiger partial charge in [0.05, 0.1) is 21.3 Å². The molecule has 1 aliphatic heterocycles. The lowest BCUT2D eigenvalue weighted by Crippen LogP contribution is -2.23. The Morgan fingerprint density at radius 3 is 2.31 bits per heavy atom. The summed E-state index contributed by atoms with van der Waals surface area (Å²) in [6, 6.07) is 13.3. The third-order valence-electron chi connectivity index (χ3n) is 5.38. The van der Waals surface area contributed by atoms with E-state index in [0.29, 0.717) is 6.04 Å². The molecule has 0 radical (unpaired) electrons. The van der Waals surface area contributed by atoms with Crippen molar-refractivity contribution < 1.29 is 14.2 Å². The quantitative estimate of drug-likeness (QED) is 0.695. The van der Waals surface area contributed by atoms with Crippen molar-refractivity contribution in [1.29, 1.82) is 0 Å². The lowest BCUT2D eigenvalue weighted by Gasteiger charge is -2.17. The monoisotopic (exact) mass is 351 g/mol. The van der Waals surface area contributed by atoms with E-state index in [2.05, 4.69) is 35.6 Å². The maximum absolute atomic E-state index is 5.56. The van der Waals surface area contributed by atoms with E-state index >= 15 is 0 Å². The zero-order valence-corrected chi connectivity index (χ0v) is 15.6. The van der Waals surface area contributed by atoms with Gasteiger partial charge in [0.1, 0.15) is 5.75 Å². The molecule has 0 spiro atoms. The Hall–Kier alpha value is -2.46. The Bertz CT molecular complexity index is 945. The number of ether oxygens (including phenoxy) is 3. The van der Waals surface area contributed by atoms with Crippen LogP contribution in [0.15, 0.2) is 36.4 Å². The lowest BCUT2D eigenvalue weighted by atomic mass is 9.92. The van der Waals surface area contributed by atoms with Gasteiger partial charge in [-0.1, -0.05) is 12.1 Å². The first kappa shape index (κ1) is 17.0. The Morgan fingerprint density at radius 1 is 0.885 bits per heavy atom. The minimum atomic E-state index is 0.544. The maximum Gasteiger partial charge on any atom is 0.161 e. The molecule has 1 saturated heterocycles. The van der Waals surface area contributed by atoms with Crippen LogP contribution in [0.25, 0.3) is 21.5 Å². The lowest BCUT2D eigenvalue weighted by molar-refractivity contribution is 0.356. The Kier molecular flexibility index (Phi) is 4.60. The van der Waals surface area contributed by atoms with Crippen molar-refractivity contribution in [3.63, 3.8) is 0 Å². The van der Waals surface area contributed by atoms with Crippen molar-refractivity contribution in [3.05, 3.63) is 42.0 Å². The smallest absolute Gasteiger partial charge is 0.161 e. The van der Waals surface area contributed by atoms with Crippen molar-refractivity contribution in [2.45, 2.75) is 25.3 Å². The highest BCUT2D eigenvalue weighted by Crippen LogP contribution is 2.39. The molecule has 1 aliphatic rings. The van der Waals surface area contributed by atoms with Crippen LogP contribution >= 0.6 is 0 Å². The third kappa shape index (κ3) is 2.95. The molecule has 0 amide bonds. The van der Waals surface area contributed by atoms with Crippen LogP contribution in [0.4, 0.5) is 0 Å². The Labute approximate surface area is 154 Å². The molecular formula is C22H25NO3. The molecule has 4 rings (SSSR count). The zero-order valence-electron chi connectivity index (χ0n) is 15.6. The summed E-state index contributed by atoms with van der Waals surface area (Å²) in [4.78, 5) is 0. The molecule has 1 fully saturated rings. The van der Waals surface area contributed by atoms with Crippen molar-refractivity contribution in [3.8, 4) is 17.2 Å². The number of benzene rings is 3. The molecule has 3 aromatic rings. The largest absolute Gasteiger partial charge is 0.497 e. The fraction of sp³-hybridized carbons (Fsp3) is 0.364. The Balaban J connectivity index is 1.98. The highest BCUT2D eigenvalue weighted by molar-refractivity contribution is 6.10. The summed E-state index contributed by atoms with van der Waals surface area (Å²) in [6.45, 7) is 1.12. The van der Waals surface area contributed by atoms with E-state index in [1.807, 2.05) is 6.07 Å². The van der Waals surface area contributed by atoms with Crippen molar-refractivity contribution in [2.24, 2.45) is 0 Å². The van der Waals surface area contributed by atoms with Crippen LogP contribution in [0.5, 0.6) is 17.2 Å². The van der Waals surface area contributed by atoms with Crippen LogP contribution in [0.1, 0.15) is 18.4 Å². The van der Waals surface area contributed by atoms with Crippen molar-refractivity contribution in [1.82, 2.24) is 5.32 Å². The summed E-state index contributed by atoms with van der Waals surface area (Å²) in [5, 5.41) is 8.39. The molecule has 1 N–H and O–H groups in total. The van der Waals surface area contributed by atoms with Gasteiger partial charge in [-0.05, 0) is 77.2 Å². The van der Waals surface area contributed by atoms with Gasteiger partial charge in [0.15, 0.2) is 11.5 Å². The summed E-state index contributed by atoms with van der Waals surface area (Å²) in [5.74, 6) is 2.38. The normalized spacial score (nSPS) is 17.0. The van der Waals surface area contributed by atoms with E-state index in [4.69, 9.17) is 14.2 Å².